The average molecular weight is 372 g/mol. The highest BCUT2D eigenvalue weighted by molar-refractivity contribution is 6.42. The second kappa shape index (κ2) is 8.28. The summed E-state index contributed by atoms with van der Waals surface area (Å²) < 4.78 is 6.05. The van der Waals surface area contributed by atoms with Crippen LogP contribution in [-0.2, 0) is 13.2 Å². The highest BCUT2D eigenvalue weighted by atomic mass is 35.5. The molecule has 0 heterocycles. The fraction of sp³-hybridized carbons (Fsp3) is 0.143. The highest BCUT2D eigenvalue weighted by Gasteiger charge is 2.06. The van der Waals surface area contributed by atoms with Gasteiger partial charge in [0.25, 0.3) is 0 Å². The van der Waals surface area contributed by atoms with Crippen molar-refractivity contribution in [2.45, 2.75) is 20.1 Å². The SMILES string of the molecule is Cc1ccccc1COc1ccccc1CNc1ccc(Cl)c(Cl)c1. The van der Waals surface area contributed by atoms with Gasteiger partial charge in [-0.3, -0.25) is 0 Å². The van der Waals surface area contributed by atoms with Gasteiger partial charge in [-0.2, -0.15) is 0 Å². The maximum absolute atomic E-state index is 6.06. The first-order valence-corrected chi connectivity index (χ1v) is 8.83. The van der Waals surface area contributed by atoms with Gasteiger partial charge in [-0.05, 0) is 42.3 Å². The third kappa shape index (κ3) is 4.68. The van der Waals surface area contributed by atoms with E-state index in [2.05, 4.69) is 30.4 Å². The van der Waals surface area contributed by atoms with Crippen LogP contribution in [0.15, 0.2) is 66.7 Å². The normalized spacial score (nSPS) is 10.5. The van der Waals surface area contributed by atoms with E-state index in [0.717, 1.165) is 17.0 Å². The summed E-state index contributed by atoms with van der Waals surface area (Å²) >= 11 is 12.0. The molecule has 0 atom stereocenters. The van der Waals surface area contributed by atoms with Crippen LogP contribution in [-0.4, -0.2) is 0 Å². The summed E-state index contributed by atoms with van der Waals surface area (Å²) in [6, 6.07) is 21.8. The molecule has 0 fully saturated rings. The Hall–Kier alpha value is -2.16. The van der Waals surface area contributed by atoms with Crippen molar-refractivity contribution in [3.63, 3.8) is 0 Å². The maximum Gasteiger partial charge on any atom is 0.124 e. The Morgan fingerprint density at radius 2 is 1.56 bits per heavy atom. The number of nitrogens with one attached hydrogen (secondary N) is 1. The Kier molecular flexibility index (Phi) is 5.85. The molecule has 25 heavy (non-hydrogen) atoms. The molecule has 0 aliphatic carbocycles. The van der Waals surface area contributed by atoms with Gasteiger partial charge < -0.3 is 10.1 Å². The van der Waals surface area contributed by atoms with Crippen molar-refractivity contribution in [1.82, 2.24) is 0 Å². The lowest BCUT2D eigenvalue weighted by molar-refractivity contribution is 0.302. The van der Waals surface area contributed by atoms with Crippen LogP contribution in [0.2, 0.25) is 10.0 Å². The van der Waals surface area contributed by atoms with E-state index in [9.17, 15) is 0 Å². The van der Waals surface area contributed by atoms with Gasteiger partial charge in [-0.25, -0.2) is 0 Å². The molecule has 0 aliphatic heterocycles. The standard InChI is InChI=1S/C21H19Cl2NO/c1-15-6-2-3-8-17(15)14-25-21-9-5-4-7-16(21)13-24-18-10-11-19(22)20(23)12-18/h2-12,24H,13-14H2,1H3. The summed E-state index contributed by atoms with van der Waals surface area (Å²) in [7, 11) is 0. The molecule has 1 N–H and O–H groups in total. The molecular formula is C21H19Cl2NO. The second-order valence-electron chi connectivity index (χ2n) is 5.81. The number of halogens is 2. The molecule has 3 rings (SSSR count). The van der Waals surface area contributed by atoms with Crippen molar-refractivity contribution in [2.75, 3.05) is 5.32 Å². The van der Waals surface area contributed by atoms with Crippen LogP contribution >= 0.6 is 23.2 Å². The van der Waals surface area contributed by atoms with Crippen LogP contribution in [0.3, 0.4) is 0 Å². The predicted molar refractivity (Wildman–Crippen MR) is 106 cm³/mol. The largest absolute Gasteiger partial charge is 0.489 e. The van der Waals surface area contributed by atoms with E-state index >= 15 is 0 Å². The van der Waals surface area contributed by atoms with Crippen molar-refractivity contribution in [3.8, 4) is 5.75 Å². The van der Waals surface area contributed by atoms with Gasteiger partial charge in [0.05, 0.1) is 10.0 Å². The Morgan fingerprint density at radius 3 is 2.32 bits per heavy atom. The zero-order chi connectivity index (χ0) is 17.6. The molecular weight excluding hydrogens is 353 g/mol. The third-order valence-electron chi connectivity index (χ3n) is 4.02. The van der Waals surface area contributed by atoms with Gasteiger partial charge in [0.2, 0.25) is 0 Å². The zero-order valence-corrected chi connectivity index (χ0v) is 15.4. The van der Waals surface area contributed by atoms with E-state index in [1.54, 1.807) is 6.07 Å². The van der Waals surface area contributed by atoms with E-state index in [0.29, 0.717) is 23.2 Å². The van der Waals surface area contributed by atoms with Crippen molar-refractivity contribution >= 4 is 28.9 Å². The van der Waals surface area contributed by atoms with Crippen LogP contribution in [0.4, 0.5) is 5.69 Å². The fourth-order valence-corrected chi connectivity index (χ4v) is 2.82. The number of rotatable bonds is 6. The summed E-state index contributed by atoms with van der Waals surface area (Å²) in [5.74, 6) is 0.873. The van der Waals surface area contributed by atoms with Crippen molar-refractivity contribution < 1.29 is 4.74 Å². The van der Waals surface area contributed by atoms with E-state index < -0.39 is 0 Å². The Morgan fingerprint density at radius 1 is 0.840 bits per heavy atom. The van der Waals surface area contributed by atoms with Gasteiger partial charge in [-0.15, -0.1) is 0 Å². The number of para-hydroxylation sites is 1. The number of hydrogen-bond acceptors (Lipinski definition) is 2. The number of hydrogen-bond donors (Lipinski definition) is 1. The minimum atomic E-state index is 0.538. The average Bonchev–Trinajstić information content (AvgIpc) is 2.63. The summed E-state index contributed by atoms with van der Waals surface area (Å²) in [6.45, 7) is 3.29. The molecule has 128 valence electrons. The predicted octanol–water partition coefficient (Wildman–Crippen LogP) is 6.49. The molecule has 2 nitrogen and oxygen atoms in total. The van der Waals surface area contributed by atoms with Crippen molar-refractivity contribution in [3.05, 3.63) is 93.5 Å². The van der Waals surface area contributed by atoms with Gasteiger partial charge in [0.15, 0.2) is 0 Å². The molecule has 0 saturated heterocycles. The van der Waals surface area contributed by atoms with Gasteiger partial charge in [0, 0.05) is 17.8 Å². The molecule has 3 aromatic rings. The zero-order valence-electron chi connectivity index (χ0n) is 13.9. The number of benzene rings is 3. The quantitative estimate of drug-likeness (QED) is 0.534. The van der Waals surface area contributed by atoms with Crippen LogP contribution in [0.1, 0.15) is 16.7 Å². The Labute approximate surface area is 158 Å². The number of aryl methyl sites for hydroxylation is 1. The van der Waals surface area contributed by atoms with Gasteiger partial charge in [0.1, 0.15) is 12.4 Å². The summed E-state index contributed by atoms with van der Waals surface area (Å²) in [5, 5.41) is 4.44. The second-order valence-corrected chi connectivity index (χ2v) is 6.62. The van der Waals surface area contributed by atoms with Crippen molar-refractivity contribution in [2.24, 2.45) is 0 Å². The number of ether oxygens (including phenoxy) is 1. The van der Waals surface area contributed by atoms with Crippen LogP contribution in [0.5, 0.6) is 5.75 Å². The smallest absolute Gasteiger partial charge is 0.124 e. The molecule has 0 bridgehead atoms. The first kappa shape index (κ1) is 17.7. The van der Waals surface area contributed by atoms with Crippen LogP contribution in [0.25, 0.3) is 0 Å². The Bertz CT molecular complexity index is 864. The monoisotopic (exact) mass is 371 g/mol. The molecule has 0 spiro atoms. The maximum atomic E-state index is 6.06. The molecule has 0 unspecified atom stereocenters. The summed E-state index contributed by atoms with van der Waals surface area (Å²) in [4.78, 5) is 0. The molecule has 0 saturated carbocycles. The minimum absolute atomic E-state index is 0.538. The van der Waals surface area contributed by atoms with E-state index in [1.165, 1.54) is 11.1 Å². The number of anilines is 1. The lowest BCUT2D eigenvalue weighted by atomic mass is 10.1. The van der Waals surface area contributed by atoms with E-state index in [4.69, 9.17) is 27.9 Å². The molecule has 0 radical (unpaired) electrons. The van der Waals surface area contributed by atoms with E-state index in [1.807, 2.05) is 42.5 Å². The molecule has 0 aromatic heterocycles. The highest BCUT2D eigenvalue weighted by Crippen LogP contribution is 2.26. The Balaban J connectivity index is 1.68. The van der Waals surface area contributed by atoms with Gasteiger partial charge >= 0.3 is 0 Å². The third-order valence-corrected chi connectivity index (χ3v) is 4.76. The lowest BCUT2D eigenvalue weighted by Gasteiger charge is -2.14. The molecule has 0 aliphatic rings. The first-order valence-electron chi connectivity index (χ1n) is 8.07. The van der Waals surface area contributed by atoms with E-state index in [-0.39, 0.29) is 0 Å². The van der Waals surface area contributed by atoms with Gasteiger partial charge in [-0.1, -0.05) is 65.7 Å². The summed E-state index contributed by atoms with van der Waals surface area (Å²) in [6.07, 6.45) is 0. The molecule has 4 heteroatoms. The lowest BCUT2D eigenvalue weighted by Crippen LogP contribution is -2.04. The summed E-state index contributed by atoms with van der Waals surface area (Å²) in [5.41, 5.74) is 4.42. The molecule has 3 aromatic carbocycles. The topological polar surface area (TPSA) is 21.3 Å². The minimum Gasteiger partial charge on any atom is -0.489 e. The molecule has 0 amide bonds. The fourth-order valence-electron chi connectivity index (χ4n) is 2.52. The van der Waals surface area contributed by atoms with Crippen LogP contribution < -0.4 is 10.1 Å². The van der Waals surface area contributed by atoms with Crippen LogP contribution in [0, 0.1) is 6.92 Å². The van der Waals surface area contributed by atoms with Crippen molar-refractivity contribution in [1.29, 1.82) is 0 Å². The first-order chi connectivity index (χ1) is 12.1.